The molecule has 1 heterocycles. The van der Waals surface area contributed by atoms with Crippen LogP contribution in [0, 0.1) is 0 Å². The fourth-order valence-corrected chi connectivity index (χ4v) is 4.64. The Labute approximate surface area is 185 Å². The van der Waals surface area contributed by atoms with Crippen molar-refractivity contribution in [1.29, 1.82) is 0 Å². The highest BCUT2D eigenvalue weighted by molar-refractivity contribution is 8.01. The van der Waals surface area contributed by atoms with Crippen LogP contribution in [-0.4, -0.2) is 48.7 Å². The van der Waals surface area contributed by atoms with Gasteiger partial charge in [-0.1, -0.05) is 83.8 Å². The van der Waals surface area contributed by atoms with Crippen molar-refractivity contribution < 1.29 is 9.53 Å². The maximum atomic E-state index is 12.3. The molecule has 0 saturated heterocycles. The molecule has 0 unspecified atom stereocenters. The van der Waals surface area contributed by atoms with Gasteiger partial charge < -0.3 is 15.4 Å². The van der Waals surface area contributed by atoms with Gasteiger partial charge in [-0.15, -0.1) is 10.2 Å². The molecule has 1 aromatic heterocycles. The zero-order valence-corrected chi connectivity index (χ0v) is 18.5. The van der Waals surface area contributed by atoms with Crippen LogP contribution in [-0.2, 0) is 9.53 Å². The molecule has 30 heavy (non-hydrogen) atoms. The van der Waals surface area contributed by atoms with E-state index in [1.165, 1.54) is 34.2 Å². The van der Waals surface area contributed by atoms with Crippen molar-refractivity contribution in [3.63, 3.8) is 0 Å². The van der Waals surface area contributed by atoms with Crippen molar-refractivity contribution in [2.75, 3.05) is 37.9 Å². The minimum Gasteiger partial charge on any atom is -0.383 e. The number of methoxy groups -OCH3 is 1. The first kappa shape index (κ1) is 22.3. The number of hydrogen-bond donors (Lipinski definition) is 2. The Morgan fingerprint density at radius 1 is 1.03 bits per heavy atom. The summed E-state index contributed by atoms with van der Waals surface area (Å²) in [5.74, 6) is 0.585. The quantitative estimate of drug-likeness (QED) is 0.326. The zero-order valence-electron chi connectivity index (χ0n) is 16.9. The number of benzene rings is 2. The van der Waals surface area contributed by atoms with E-state index in [4.69, 9.17) is 4.74 Å². The second-order valence-corrected chi connectivity index (χ2v) is 8.79. The standard InChI is InChI=1S/C22H26N4O2S2/c1-28-15-14-24-21-25-26-22(30-21)29-16-20(27)23-13-12-19(17-8-4-2-5-9-17)18-10-6-3-7-11-18/h2-11,19H,12-16H2,1H3,(H,23,27)(H,24,25). The summed E-state index contributed by atoms with van der Waals surface area (Å²) in [5, 5.41) is 15.1. The molecule has 0 aliphatic rings. The lowest BCUT2D eigenvalue weighted by molar-refractivity contribution is -0.118. The number of hydrogen-bond acceptors (Lipinski definition) is 7. The molecule has 0 bridgehead atoms. The molecule has 0 spiro atoms. The van der Waals surface area contributed by atoms with Gasteiger partial charge in [-0.2, -0.15) is 0 Å². The summed E-state index contributed by atoms with van der Waals surface area (Å²) in [5.41, 5.74) is 2.52. The second kappa shape index (κ2) is 12.3. The Hall–Kier alpha value is -2.42. The van der Waals surface area contributed by atoms with Crippen molar-refractivity contribution in [1.82, 2.24) is 15.5 Å². The van der Waals surface area contributed by atoms with Gasteiger partial charge in [-0.3, -0.25) is 4.79 Å². The van der Waals surface area contributed by atoms with Gasteiger partial charge in [0.25, 0.3) is 0 Å². The van der Waals surface area contributed by atoms with E-state index in [2.05, 4.69) is 69.4 Å². The highest BCUT2D eigenvalue weighted by atomic mass is 32.2. The maximum Gasteiger partial charge on any atom is 0.230 e. The molecule has 1 amide bonds. The van der Waals surface area contributed by atoms with Crippen LogP contribution in [0.2, 0.25) is 0 Å². The van der Waals surface area contributed by atoms with E-state index in [1.807, 2.05) is 12.1 Å². The van der Waals surface area contributed by atoms with Gasteiger partial charge in [0.05, 0.1) is 12.4 Å². The molecule has 0 fully saturated rings. The molecular weight excluding hydrogens is 416 g/mol. The first-order valence-corrected chi connectivity index (χ1v) is 11.6. The van der Waals surface area contributed by atoms with Crippen molar-refractivity contribution in [2.24, 2.45) is 0 Å². The lowest BCUT2D eigenvalue weighted by atomic mass is 9.88. The van der Waals surface area contributed by atoms with Crippen LogP contribution >= 0.6 is 23.1 Å². The predicted molar refractivity (Wildman–Crippen MR) is 123 cm³/mol. The van der Waals surface area contributed by atoms with E-state index < -0.39 is 0 Å². The van der Waals surface area contributed by atoms with Crippen LogP contribution in [0.4, 0.5) is 5.13 Å². The largest absolute Gasteiger partial charge is 0.383 e. The van der Waals surface area contributed by atoms with Crippen molar-refractivity contribution in [3.8, 4) is 0 Å². The smallest absolute Gasteiger partial charge is 0.230 e. The molecule has 0 radical (unpaired) electrons. The number of anilines is 1. The highest BCUT2D eigenvalue weighted by Gasteiger charge is 2.14. The molecular formula is C22H26N4O2S2. The number of aromatic nitrogens is 2. The zero-order chi connectivity index (χ0) is 21.0. The van der Waals surface area contributed by atoms with Gasteiger partial charge in [0.1, 0.15) is 0 Å². The molecule has 2 aromatic carbocycles. The SMILES string of the molecule is COCCNc1nnc(SCC(=O)NCCC(c2ccccc2)c2ccccc2)s1. The molecule has 2 N–H and O–H groups in total. The van der Waals surface area contributed by atoms with Crippen molar-refractivity contribution in [2.45, 2.75) is 16.7 Å². The van der Waals surface area contributed by atoms with Gasteiger partial charge in [0.2, 0.25) is 11.0 Å². The van der Waals surface area contributed by atoms with E-state index in [-0.39, 0.29) is 11.8 Å². The second-order valence-electron chi connectivity index (χ2n) is 6.59. The average molecular weight is 443 g/mol. The van der Waals surface area contributed by atoms with Gasteiger partial charge in [-0.25, -0.2) is 0 Å². The van der Waals surface area contributed by atoms with Gasteiger partial charge in [-0.05, 0) is 17.5 Å². The molecule has 0 aliphatic heterocycles. The highest BCUT2D eigenvalue weighted by Crippen LogP contribution is 2.28. The molecule has 8 heteroatoms. The maximum absolute atomic E-state index is 12.3. The number of rotatable bonds is 12. The van der Waals surface area contributed by atoms with E-state index in [0.29, 0.717) is 25.4 Å². The van der Waals surface area contributed by atoms with Crippen LogP contribution < -0.4 is 10.6 Å². The summed E-state index contributed by atoms with van der Waals surface area (Å²) < 4.78 is 5.77. The Balaban J connectivity index is 1.45. The fraction of sp³-hybridized carbons (Fsp3) is 0.318. The summed E-state index contributed by atoms with van der Waals surface area (Å²) in [6.45, 7) is 1.91. The molecule has 6 nitrogen and oxygen atoms in total. The molecule has 0 atom stereocenters. The number of carbonyl (C=O) groups is 1. The molecule has 3 rings (SSSR count). The minimum absolute atomic E-state index is 0.00367. The molecule has 0 aliphatic carbocycles. The van der Waals surface area contributed by atoms with Crippen LogP contribution in [0.15, 0.2) is 65.0 Å². The lowest BCUT2D eigenvalue weighted by Gasteiger charge is -2.18. The van der Waals surface area contributed by atoms with E-state index >= 15 is 0 Å². The molecule has 158 valence electrons. The lowest BCUT2D eigenvalue weighted by Crippen LogP contribution is -2.27. The van der Waals surface area contributed by atoms with E-state index in [0.717, 1.165) is 15.9 Å². The number of thioether (sulfide) groups is 1. The Morgan fingerprint density at radius 3 is 2.33 bits per heavy atom. The number of amides is 1. The summed E-state index contributed by atoms with van der Waals surface area (Å²) in [6.07, 6.45) is 0.844. The third-order valence-corrected chi connectivity index (χ3v) is 6.49. The fourth-order valence-electron chi connectivity index (χ4n) is 3.03. The van der Waals surface area contributed by atoms with E-state index in [9.17, 15) is 4.79 Å². The first-order valence-electron chi connectivity index (χ1n) is 9.82. The van der Waals surface area contributed by atoms with Crippen molar-refractivity contribution in [3.05, 3.63) is 71.8 Å². The van der Waals surface area contributed by atoms with Crippen LogP contribution in [0.3, 0.4) is 0 Å². The minimum atomic E-state index is 0.00367. The number of carbonyl (C=O) groups excluding carboxylic acids is 1. The summed E-state index contributed by atoms with van der Waals surface area (Å²) >= 11 is 2.84. The molecule has 3 aromatic rings. The van der Waals surface area contributed by atoms with E-state index in [1.54, 1.807) is 7.11 Å². The average Bonchev–Trinajstić information content (AvgIpc) is 3.24. The van der Waals surface area contributed by atoms with Crippen LogP contribution in [0.5, 0.6) is 0 Å². The molecule has 0 saturated carbocycles. The van der Waals surface area contributed by atoms with Gasteiger partial charge in [0.15, 0.2) is 4.34 Å². The monoisotopic (exact) mass is 442 g/mol. The number of nitrogens with one attached hydrogen (secondary N) is 2. The van der Waals surface area contributed by atoms with Gasteiger partial charge >= 0.3 is 0 Å². The normalized spacial score (nSPS) is 10.9. The summed E-state index contributed by atoms with van der Waals surface area (Å²) in [4.78, 5) is 12.3. The third-order valence-electron chi connectivity index (χ3n) is 4.47. The van der Waals surface area contributed by atoms with Crippen LogP contribution in [0.1, 0.15) is 23.5 Å². The van der Waals surface area contributed by atoms with Crippen LogP contribution in [0.25, 0.3) is 0 Å². The Kier molecular flexibility index (Phi) is 9.14. The first-order chi connectivity index (χ1) is 14.8. The summed E-state index contributed by atoms with van der Waals surface area (Å²) in [7, 11) is 1.66. The van der Waals surface area contributed by atoms with Gasteiger partial charge in [0, 0.05) is 26.1 Å². The topological polar surface area (TPSA) is 76.1 Å². The predicted octanol–water partition coefficient (Wildman–Crippen LogP) is 4.03. The van der Waals surface area contributed by atoms with Crippen molar-refractivity contribution >= 4 is 34.1 Å². The Bertz CT molecular complexity index is 851. The number of ether oxygens (including phenoxy) is 1. The Morgan fingerprint density at radius 2 is 1.70 bits per heavy atom. The summed E-state index contributed by atoms with van der Waals surface area (Å²) in [6, 6.07) is 20.8. The third kappa shape index (κ3) is 7.12. The number of nitrogens with zero attached hydrogens (tertiary/aromatic N) is 2.